The van der Waals surface area contributed by atoms with E-state index in [1.165, 1.54) is 28.5 Å². The lowest BCUT2D eigenvalue weighted by molar-refractivity contribution is 0.644. The second-order valence-corrected chi connectivity index (χ2v) is 7.13. The molecule has 16 heavy (non-hydrogen) atoms. The molecule has 1 saturated heterocycles. The van der Waals surface area contributed by atoms with E-state index in [4.69, 9.17) is 0 Å². The predicted octanol–water partition coefficient (Wildman–Crippen LogP) is 3.25. The van der Waals surface area contributed by atoms with Crippen molar-refractivity contribution in [1.29, 1.82) is 0 Å². The summed E-state index contributed by atoms with van der Waals surface area (Å²) in [7, 11) is 0. The molecule has 0 radical (unpaired) electrons. The minimum absolute atomic E-state index is 0.608. The molecule has 4 heteroatoms. The van der Waals surface area contributed by atoms with Crippen LogP contribution < -0.4 is 5.32 Å². The number of aromatic nitrogens is 1. The molecule has 1 aromatic rings. The van der Waals surface area contributed by atoms with Gasteiger partial charge in [0.05, 0.1) is 0 Å². The van der Waals surface area contributed by atoms with Crippen molar-refractivity contribution < 1.29 is 0 Å². The maximum atomic E-state index is 4.45. The number of hydrogen-bond acceptors (Lipinski definition) is 4. The van der Waals surface area contributed by atoms with Crippen molar-refractivity contribution in [3.63, 3.8) is 0 Å². The average molecular weight is 256 g/mol. The van der Waals surface area contributed by atoms with Crippen LogP contribution in [-0.2, 0) is 6.54 Å². The monoisotopic (exact) mass is 256 g/mol. The molecule has 2 rings (SSSR count). The Labute approximate surface area is 106 Å². The first-order valence-electron chi connectivity index (χ1n) is 6.02. The largest absolute Gasteiger partial charge is 0.309 e. The van der Waals surface area contributed by atoms with Gasteiger partial charge in [0.2, 0.25) is 0 Å². The third-order valence-corrected chi connectivity index (χ3v) is 5.51. The van der Waals surface area contributed by atoms with E-state index in [2.05, 4.69) is 35.9 Å². The lowest BCUT2D eigenvalue weighted by atomic mass is 10.2. The second kappa shape index (κ2) is 6.03. The third kappa shape index (κ3) is 3.47. The van der Waals surface area contributed by atoms with Crippen LogP contribution in [0.5, 0.6) is 0 Å². The second-order valence-electron chi connectivity index (χ2n) is 4.58. The van der Waals surface area contributed by atoms with Crippen LogP contribution in [0.4, 0.5) is 0 Å². The maximum absolute atomic E-state index is 4.45. The van der Waals surface area contributed by atoms with Crippen molar-refractivity contribution >= 4 is 23.1 Å². The summed E-state index contributed by atoms with van der Waals surface area (Å²) in [5.41, 5.74) is 0. The molecule has 1 N–H and O–H groups in total. The van der Waals surface area contributed by atoms with Gasteiger partial charge in [-0.2, -0.15) is 11.8 Å². The van der Waals surface area contributed by atoms with E-state index < -0.39 is 0 Å². The van der Waals surface area contributed by atoms with Gasteiger partial charge >= 0.3 is 0 Å². The van der Waals surface area contributed by atoms with Crippen molar-refractivity contribution in [2.24, 2.45) is 0 Å². The Balaban J connectivity index is 1.72. The van der Waals surface area contributed by atoms with E-state index in [-0.39, 0.29) is 0 Å². The third-order valence-electron chi connectivity index (χ3n) is 2.81. The molecule has 0 bridgehead atoms. The molecule has 1 fully saturated rings. The van der Waals surface area contributed by atoms with E-state index in [0.717, 1.165) is 18.3 Å². The number of nitrogens with zero attached hydrogens (tertiary/aromatic N) is 1. The molecule has 1 aliphatic heterocycles. The van der Waals surface area contributed by atoms with Crippen LogP contribution in [0, 0.1) is 0 Å². The van der Waals surface area contributed by atoms with Gasteiger partial charge in [-0.25, -0.2) is 4.98 Å². The number of hydrogen-bond donors (Lipinski definition) is 1. The van der Waals surface area contributed by atoms with Crippen molar-refractivity contribution in [2.75, 3.05) is 12.3 Å². The van der Waals surface area contributed by atoms with Gasteiger partial charge in [-0.1, -0.05) is 13.8 Å². The maximum Gasteiger partial charge on any atom is 0.107 e. The number of nitrogens with one attached hydrogen (secondary N) is 1. The van der Waals surface area contributed by atoms with Gasteiger partial charge in [0.1, 0.15) is 5.01 Å². The minimum Gasteiger partial charge on any atom is -0.309 e. The van der Waals surface area contributed by atoms with Gasteiger partial charge in [-0.15, -0.1) is 11.3 Å². The van der Waals surface area contributed by atoms with Gasteiger partial charge in [0.25, 0.3) is 0 Å². The fourth-order valence-electron chi connectivity index (χ4n) is 1.82. The SMILES string of the molecule is CC(C)c1cnc(CNCC2CCCS2)s1. The zero-order chi connectivity index (χ0) is 11.4. The molecule has 2 nitrogen and oxygen atoms in total. The fraction of sp³-hybridized carbons (Fsp3) is 0.750. The summed E-state index contributed by atoms with van der Waals surface area (Å²) in [5.74, 6) is 1.96. The van der Waals surface area contributed by atoms with Crippen LogP contribution in [0.25, 0.3) is 0 Å². The average Bonchev–Trinajstić information content (AvgIpc) is 2.87. The molecule has 1 unspecified atom stereocenters. The van der Waals surface area contributed by atoms with Crippen LogP contribution in [0.1, 0.15) is 42.5 Å². The van der Waals surface area contributed by atoms with Gasteiger partial charge < -0.3 is 5.32 Å². The molecule has 1 aromatic heterocycles. The van der Waals surface area contributed by atoms with Crippen LogP contribution >= 0.6 is 23.1 Å². The summed E-state index contributed by atoms with van der Waals surface area (Å²) in [6.07, 6.45) is 4.80. The van der Waals surface area contributed by atoms with E-state index in [9.17, 15) is 0 Å². The van der Waals surface area contributed by atoms with Gasteiger partial charge in [0, 0.05) is 29.4 Å². The minimum atomic E-state index is 0.608. The van der Waals surface area contributed by atoms with Crippen LogP contribution in [0.3, 0.4) is 0 Å². The van der Waals surface area contributed by atoms with Crippen molar-refractivity contribution in [1.82, 2.24) is 10.3 Å². The number of thioether (sulfide) groups is 1. The molecule has 1 aliphatic rings. The summed E-state index contributed by atoms with van der Waals surface area (Å²) in [6, 6.07) is 0. The van der Waals surface area contributed by atoms with Gasteiger partial charge in [-0.05, 0) is 24.5 Å². The molecule has 90 valence electrons. The summed E-state index contributed by atoms with van der Waals surface area (Å²) < 4.78 is 0. The Morgan fingerprint density at radius 1 is 1.56 bits per heavy atom. The van der Waals surface area contributed by atoms with E-state index in [0.29, 0.717) is 5.92 Å². The molecule has 0 spiro atoms. The topological polar surface area (TPSA) is 24.9 Å². The normalized spacial score (nSPS) is 20.8. The van der Waals surface area contributed by atoms with Crippen LogP contribution in [0.2, 0.25) is 0 Å². The van der Waals surface area contributed by atoms with Gasteiger partial charge in [-0.3, -0.25) is 0 Å². The summed E-state index contributed by atoms with van der Waals surface area (Å²) in [4.78, 5) is 5.85. The predicted molar refractivity (Wildman–Crippen MR) is 73.4 cm³/mol. The Hall–Kier alpha value is -0.0600. The first kappa shape index (κ1) is 12.4. The Bertz CT molecular complexity index is 317. The van der Waals surface area contributed by atoms with Crippen molar-refractivity contribution in [2.45, 2.75) is 44.4 Å². The highest BCUT2D eigenvalue weighted by Crippen LogP contribution is 2.25. The van der Waals surface area contributed by atoms with Crippen LogP contribution in [0.15, 0.2) is 6.20 Å². The standard InChI is InChI=1S/C12H20N2S2/c1-9(2)11-7-14-12(16-11)8-13-6-10-4-3-5-15-10/h7,9-10,13H,3-6,8H2,1-2H3. The molecule has 0 aliphatic carbocycles. The number of rotatable bonds is 5. The van der Waals surface area contributed by atoms with Crippen LogP contribution in [-0.4, -0.2) is 22.5 Å². The molecule has 1 atom stereocenters. The Morgan fingerprint density at radius 2 is 2.44 bits per heavy atom. The molecule has 0 amide bonds. The molecular weight excluding hydrogens is 236 g/mol. The highest BCUT2D eigenvalue weighted by atomic mass is 32.2. The first-order valence-corrected chi connectivity index (χ1v) is 7.89. The molecule has 0 saturated carbocycles. The lowest BCUT2D eigenvalue weighted by Gasteiger charge is -2.08. The summed E-state index contributed by atoms with van der Waals surface area (Å²) in [6.45, 7) is 6.52. The Kier molecular flexibility index (Phi) is 4.67. The smallest absolute Gasteiger partial charge is 0.107 e. The Morgan fingerprint density at radius 3 is 3.06 bits per heavy atom. The highest BCUT2D eigenvalue weighted by Gasteiger charge is 2.14. The zero-order valence-corrected chi connectivity index (χ0v) is 11.7. The van der Waals surface area contributed by atoms with E-state index in [1.807, 2.05) is 17.5 Å². The highest BCUT2D eigenvalue weighted by molar-refractivity contribution is 8.00. The fourth-order valence-corrected chi connectivity index (χ4v) is 3.95. The first-order chi connectivity index (χ1) is 7.75. The quantitative estimate of drug-likeness (QED) is 0.875. The van der Waals surface area contributed by atoms with E-state index >= 15 is 0 Å². The lowest BCUT2D eigenvalue weighted by Crippen LogP contribution is -2.22. The molecule has 0 aromatic carbocycles. The van der Waals surface area contributed by atoms with Crippen molar-refractivity contribution in [3.05, 3.63) is 16.1 Å². The number of thiazole rings is 1. The molecular formula is C12H20N2S2. The molecule has 2 heterocycles. The van der Waals surface area contributed by atoms with Crippen molar-refractivity contribution in [3.8, 4) is 0 Å². The zero-order valence-electron chi connectivity index (χ0n) is 10.0. The summed E-state index contributed by atoms with van der Waals surface area (Å²) >= 11 is 3.95. The summed E-state index contributed by atoms with van der Waals surface area (Å²) in [5, 5.41) is 5.59. The van der Waals surface area contributed by atoms with E-state index in [1.54, 1.807) is 0 Å². The van der Waals surface area contributed by atoms with Gasteiger partial charge in [0.15, 0.2) is 0 Å².